The molecule has 2 aliphatic rings. The smallest absolute Gasteiger partial charge is 0.382 e. The van der Waals surface area contributed by atoms with Gasteiger partial charge in [-0.05, 0) is 28.3 Å². The Morgan fingerprint density at radius 3 is 2.38 bits per heavy atom. The Bertz CT molecular complexity index is 2150. The van der Waals surface area contributed by atoms with Crippen LogP contribution in [-0.4, -0.2) is 65.4 Å². The molecule has 20 heteroatoms. The number of aryl methyl sites for hydroxylation is 1. The molecule has 2 aliphatic heterocycles. The minimum Gasteiger partial charge on any atom is -0.382 e. The Morgan fingerprint density at radius 2 is 1.56 bits per heavy atom. The van der Waals surface area contributed by atoms with Crippen LogP contribution in [0.2, 0.25) is 0 Å². The lowest BCUT2D eigenvalue weighted by Crippen LogP contribution is -2.31. The van der Waals surface area contributed by atoms with Gasteiger partial charge in [0.2, 0.25) is 0 Å². The number of aromatic nitrogens is 4. The van der Waals surface area contributed by atoms with Crippen LogP contribution in [0, 0.1) is 0 Å². The highest BCUT2D eigenvalue weighted by atomic mass is 31.3. The number of fused-ring (bicyclic) bond motifs is 3. The lowest BCUT2D eigenvalue weighted by atomic mass is 10.1. The molecule has 8 atom stereocenters. The van der Waals surface area contributed by atoms with E-state index in [1.807, 2.05) is 30.3 Å². The summed E-state index contributed by atoms with van der Waals surface area (Å²) < 4.78 is 72.6. The van der Waals surface area contributed by atoms with Crippen LogP contribution in [0.3, 0.4) is 0 Å². The van der Waals surface area contributed by atoms with Crippen molar-refractivity contribution in [2.75, 3.05) is 12.3 Å². The highest BCUT2D eigenvalue weighted by Crippen LogP contribution is 2.68. The molecule has 2 fully saturated rings. The Labute approximate surface area is 284 Å². The highest BCUT2D eigenvalue weighted by molar-refractivity contribution is 7.68. The maximum absolute atomic E-state index is 12.9. The molecular weight excluding hydrogens is 715 g/mol. The van der Waals surface area contributed by atoms with E-state index < -0.39 is 66.8 Å². The average Bonchev–Trinajstić information content (AvgIpc) is 3.77. The van der Waals surface area contributed by atoms with E-state index in [9.17, 15) is 28.4 Å². The second-order valence-corrected chi connectivity index (χ2v) is 16.7. The lowest BCUT2D eigenvalue weighted by molar-refractivity contribution is -0.151. The normalized spacial score (nSPS) is 25.6. The van der Waals surface area contributed by atoms with Crippen LogP contribution in [0.5, 0.6) is 0 Å². The number of nitrogens with two attached hydrogens (primary N) is 1. The average molecular weight is 748 g/mol. The fourth-order valence-corrected chi connectivity index (χ4v) is 10.2. The van der Waals surface area contributed by atoms with Gasteiger partial charge in [0.1, 0.15) is 30.2 Å². The number of imidazole rings is 1. The maximum Gasteiger partial charge on any atom is 0.488 e. The minimum atomic E-state index is -5.63. The summed E-state index contributed by atoms with van der Waals surface area (Å²) in [7, 11) is -15.9. The number of nitrogens with zero attached hydrogens (tertiary/aromatic N) is 4. The van der Waals surface area contributed by atoms with Gasteiger partial charge in [-0.1, -0.05) is 72.8 Å². The molecule has 264 valence electrons. The quantitative estimate of drug-likeness (QED) is 0.118. The monoisotopic (exact) mass is 747 g/mol. The van der Waals surface area contributed by atoms with E-state index in [4.69, 9.17) is 24.5 Å². The number of anilines is 1. The number of benzene rings is 3. The van der Waals surface area contributed by atoms with E-state index in [1.165, 1.54) is 12.7 Å². The molecule has 5 N–H and O–H groups in total. The predicted octanol–water partition coefficient (Wildman–Crippen LogP) is 4.84. The highest BCUT2D eigenvalue weighted by Gasteiger charge is 2.54. The van der Waals surface area contributed by atoms with Crippen LogP contribution in [-0.2, 0) is 53.6 Å². The van der Waals surface area contributed by atoms with Crippen LogP contribution < -0.4 is 5.73 Å². The zero-order chi connectivity index (χ0) is 35.1. The van der Waals surface area contributed by atoms with Crippen LogP contribution in [0.15, 0.2) is 85.5 Å². The Balaban J connectivity index is 1.03. The van der Waals surface area contributed by atoms with Crippen LogP contribution in [0.25, 0.3) is 21.9 Å². The number of ether oxygens (including phenoxy) is 3. The molecule has 7 rings (SSSR count). The summed E-state index contributed by atoms with van der Waals surface area (Å²) in [6, 6.07) is 21.7. The van der Waals surface area contributed by atoms with Crippen molar-refractivity contribution in [2.24, 2.45) is 0 Å². The van der Waals surface area contributed by atoms with E-state index in [2.05, 4.69) is 23.6 Å². The van der Waals surface area contributed by atoms with Crippen LogP contribution in [0.1, 0.15) is 23.8 Å². The zero-order valence-corrected chi connectivity index (χ0v) is 28.7. The predicted molar refractivity (Wildman–Crippen MR) is 177 cm³/mol. The molecule has 2 saturated heterocycles. The molecule has 0 aliphatic carbocycles. The van der Waals surface area contributed by atoms with Gasteiger partial charge in [-0.3, -0.25) is 13.7 Å². The zero-order valence-electron chi connectivity index (χ0n) is 26.0. The van der Waals surface area contributed by atoms with Gasteiger partial charge in [-0.2, -0.15) is 4.31 Å². The number of phosphoric acid groups is 2. The summed E-state index contributed by atoms with van der Waals surface area (Å²) in [6.45, 7) is -0.684. The molecule has 0 bridgehead atoms. The first kappa shape index (κ1) is 35.0. The third-order valence-corrected chi connectivity index (χ3v) is 12.9. The molecule has 3 aromatic carbocycles. The largest absolute Gasteiger partial charge is 0.488 e. The topological polar surface area (TPSA) is 237 Å². The molecule has 2 aromatic heterocycles. The summed E-state index contributed by atoms with van der Waals surface area (Å²) in [5.41, 5.74) is 8.03. The molecular formula is C30H32N5O12P3. The van der Waals surface area contributed by atoms with Gasteiger partial charge in [-0.25, -0.2) is 28.4 Å². The summed E-state index contributed by atoms with van der Waals surface area (Å²) in [6.07, 6.45) is -1.13. The van der Waals surface area contributed by atoms with Crippen molar-refractivity contribution < 1.29 is 55.7 Å². The van der Waals surface area contributed by atoms with Gasteiger partial charge < -0.3 is 34.6 Å². The van der Waals surface area contributed by atoms with Crippen molar-refractivity contribution in [2.45, 2.75) is 49.8 Å². The Hall–Kier alpha value is -3.40. The molecule has 0 saturated carbocycles. The van der Waals surface area contributed by atoms with E-state index in [0.29, 0.717) is 35.0 Å². The van der Waals surface area contributed by atoms with Gasteiger partial charge >= 0.3 is 23.2 Å². The molecule has 50 heavy (non-hydrogen) atoms. The SMILES string of the molecule is Nc1ncnc2c1ncn2[C@@H]1O[C@H](COP(=O)(O)OP(=O)(O)OP(=O)(O)Cc2cccc3ccccc23)[C@@H]2OC(CCc3ccccc3)OC21. The van der Waals surface area contributed by atoms with Crippen molar-refractivity contribution in [1.82, 2.24) is 19.5 Å². The number of nitrogen functional groups attached to an aromatic ring is 1. The van der Waals surface area contributed by atoms with E-state index >= 15 is 0 Å². The molecule has 0 amide bonds. The molecule has 17 nitrogen and oxygen atoms in total. The fourth-order valence-electron chi connectivity index (χ4n) is 6.05. The first-order valence-corrected chi connectivity index (χ1v) is 20.1. The number of rotatable bonds is 13. The molecule has 5 aromatic rings. The standard InChI is InChI=1S/C30H32N5O12P3/c31-28-25-29(33-17-32-28)35(18-34-25)30-27-26(44-24(45-27)14-13-19-7-2-1-3-8-19)23(43-30)15-42-49(38,39)47-50(40,41)46-48(36,37)16-21-11-6-10-20-9-4-5-12-22(20)21/h1-12,17-18,23-24,26-27,30H,13-16H2,(H,36,37)(H,38,39)(H,40,41)(H2,31,32,33)/t23-,24?,26+,27?,30-/m1/s1. The van der Waals surface area contributed by atoms with Crippen molar-refractivity contribution in [1.29, 1.82) is 0 Å². The third-order valence-electron chi connectivity index (χ3n) is 8.17. The Morgan fingerprint density at radius 1 is 0.820 bits per heavy atom. The summed E-state index contributed by atoms with van der Waals surface area (Å²) in [5.74, 6) is 0.145. The van der Waals surface area contributed by atoms with Crippen LogP contribution >= 0.6 is 23.2 Å². The second-order valence-electron chi connectivity index (χ2n) is 11.6. The van der Waals surface area contributed by atoms with Crippen molar-refractivity contribution in [3.63, 3.8) is 0 Å². The summed E-state index contributed by atoms with van der Waals surface area (Å²) >= 11 is 0. The van der Waals surface area contributed by atoms with Crippen molar-refractivity contribution in [3.05, 3.63) is 96.6 Å². The van der Waals surface area contributed by atoms with Gasteiger partial charge in [0.25, 0.3) is 0 Å². The van der Waals surface area contributed by atoms with E-state index in [-0.39, 0.29) is 5.82 Å². The molecule has 4 heterocycles. The van der Waals surface area contributed by atoms with Gasteiger partial charge in [0.15, 0.2) is 24.0 Å². The molecule has 0 radical (unpaired) electrons. The van der Waals surface area contributed by atoms with Gasteiger partial charge in [-0.15, -0.1) is 0 Å². The maximum atomic E-state index is 12.9. The Kier molecular flexibility index (Phi) is 9.78. The van der Waals surface area contributed by atoms with E-state index in [0.717, 1.165) is 10.9 Å². The van der Waals surface area contributed by atoms with Gasteiger partial charge in [0.05, 0.1) is 19.1 Å². The number of hydrogen-bond donors (Lipinski definition) is 4. The van der Waals surface area contributed by atoms with Crippen molar-refractivity contribution in [3.8, 4) is 0 Å². The van der Waals surface area contributed by atoms with E-state index in [1.54, 1.807) is 47.0 Å². The van der Waals surface area contributed by atoms with Crippen molar-refractivity contribution >= 4 is 51.0 Å². The summed E-state index contributed by atoms with van der Waals surface area (Å²) in [5, 5.41) is 1.38. The molecule has 0 spiro atoms. The third kappa shape index (κ3) is 7.75. The number of hydrogen-bond acceptors (Lipinski definition) is 13. The first-order valence-electron chi connectivity index (χ1n) is 15.3. The lowest BCUT2D eigenvalue weighted by Gasteiger charge is -2.22. The second kappa shape index (κ2) is 14.0. The fraction of sp³-hybridized carbons (Fsp3) is 0.300. The summed E-state index contributed by atoms with van der Waals surface area (Å²) in [4.78, 5) is 43.6. The van der Waals surface area contributed by atoms with Gasteiger partial charge in [0, 0.05) is 6.42 Å². The van der Waals surface area contributed by atoms with Crippen LogP contribution in [0.4, 0.5) is 5.82 Å². The first-order chi connectivity index (χ1) is 23.9. The minimum absolute atomic E-state index is 0.145. The molecule has 5 unspecified atom stereocenters. The number of phosphoric ester groups is 1.